The smallest absolute Gasteiger partial charge is 0.348 e. The van der Waals surface area contributed by atoms with E-state index >= 15 is 0 Å². The van der Waals surface area contributed by atoms with E-state index in [9.17, 15) is 19.5 Å². The van der Waals surface area contributed by atoms with E-state index in [1.807, 2.05) is 0 Å². The molecule has 164 valence electrons. The van der Waals surface area contributed by atoms with Crippen LogP contribution >= 0.6 is 0 Å². The molecule has 0 aliphatic rings. The minimum atomic E-state index is -2.12. The Morgan fingerprint density at radius 2 is 1.38 bits per heavy atom. The van der Waals surface area contributed by atoms with E-state index in [-0.39, 0.29) is 11.1 Å². The number of benzene rings is 3. The quantitative estimate of drug-likeness (QED) is 0.493. The lowest BCUT2D eigenvalue weighted by Crippen LogP contribution is -2.42. The molecule has 3 N–H and O–H groups in total. The van der Waals surface area contributed by atoms with Crippen molar-refractivity contribution in [1.29, 1.82) is 0 Å². The number of imide groups is 1. The number of rotatable bonds is 7. The predicted molar refractivity (Wildman–Crippen MR) is 117 cm³/mol. The van der Waals surface area contributed by atoms with Gasteiger partial charge in [-0.2, -0.15) is 0 Å². The number of esters is 1. The van der Waals surface area contributed by atoms with E-state index in [1.54, 1.807) is 84.9 Å². The van der Waals surface area contributed by atoms with Crippen LogP contribution in [0.2, 0.25) is 0 Å². The normalized spacial score (nSPS) is 10.7. The number of carbonyl (C=O) groups is 3. The van der Waals surface area contributed by atoms with Gasteiger partial charge in [-0.25, -0.2) is 9.59 Å². The molecule has 0 saturated carbocycles. The summed E-state index contributed by atoms with van der Waals surface area (Å²) >= 11 is 0. The van der Waals surface area contributed by atoms with Gasteiger partial charge in [0.05, 0.1) is 7.11 Å². The molecule has 0 unspecified atom stereocenters. The van der Waals surface area contributed by atoms with Crippen LogP contribution in [0, 0.1) is 0 Å². The Labute approximate surface area is 184 Å². The van der Waals surface area contributed by atoms with Crippen LogP contribution in [-0.4, -0.2) is 36.7 Å². The van der Waals surface area contributed by atoms with Gasteiger partial charge in [-0.3, -0.25) is 10.1 Å². The molecule has 8 nitrogen and oxygen atoms in total. The molecule has 3 rings (SSSR count). The number of hydrogen-bond donors (Lipinski definition) is 3. The van der Waals surface area contributed by atoms with E-state index in [0.29, 0.717) is 11.4 Å². The number of amides is 3. The predicted octanol–water partition coefficient (Wildman–Crippen LogP) is 2.82. The first-order chi connectivity index (χ1) is 15.4. The van der Waals surface area contributed by atoms with Gasteiger partial charge in [-0.1, -0.05) is 60.7 Å². The zero-order valence-electron chi connectivity index (χ0n) is 17.3. The van der Waals surface area contributed by atoms with E-state index in [1.165, 1.54) is 7.11 Å². The van der Waals surface area contributed by atoms with Crippen LogP contribution in [0.5, 0.6) is 5.75 Å². The van der Waals surface area contributed by atoms with Gasteiger partial charge in [0.2, 0.25) is 5.60 Å². The summed E-state index contributed by atoms with van der Waals surface area (Å²) in [6.07, 6.45) is 0. The first-order valence-corrected chi connectivity index (χ1v) is 9.69. The first kappa shape index (κ1) is 22.5. The third kappa shape index (κ3) is 5.30. The van der Waals surface area contributed by atoms with Crippen molar-refractivity contribution in [3.63, 3.8) is 0 Å². The fraction of sp³-hybridized carbons (Fsp3) is 0.125. The number of anilines is 1. The average molecular weight is 434 g/mol. The number of nitrogens with one attached hydrogen (secondary N) is 2. The maximum atomic E-state index is 12.8. The van der Waals surface area contributed by atoms with Gasteiger partial charge in [-0.15, -0.1) is 0 Å². The summed E-state index contributed by atoms with van der Waals surface area (Å²) in [5.74, 6) is -1.28. The number of methoxy groups -OCH3 is 1. The molecule has 0 radical (unpaired) electrons. The van der Waals surface area contributed by atoms with E-state index in [2.05, 4.69) is 10.6 Å². The summed E-state index contributed by atoms with van der Waals surface area (Å²) in [7, 11) is 1.52. The minimum Gasteiger partial charge on any atom is -0.497 e. The van der Waals surface area contributed by atoms with Gasteiger partial charge < -0.3 is 19.9 Å². The van der Waals surface area contributed by atoms with Crippen LogP contribution in [0.1, 0.15) is 11.1 Å². The first-order valence-electron chi connectivity index (χ1n) is 9.69. The van der Waals surface area contributed by atoms with Gasteiger partial charge in [-0.05, 0) is 35.4 Å². The molecule has 0 atom stereocenters. The molecule has 0 saturated heterocycles. The Kier molecular flexibility index (Phi) is 7.20. The van der Waals surface area contributed by atoms with Crippen LogP contribution in [0.15, 0.2) is 84.9 Å². The van der Waals surface area contributed by atoms with Crippen molar-refractivity contribution in [2.75, 3.05) is 19.0 Å². The van der Waals surface area contributed by atoms with Gasteiger partial charge in [0.15, 0.2) is 6.61 Å². The van der Waals surface area contributed by atoms with E-state index < -0.39 is 30.1 Å². The molecular formula is C24H22N2O6. The van der Waals surface area contributed by atoms with Crippen molar-refractivity contribution in [2.45, 2.75) is 5.60 Å². The highest BCUT2D eigenvalue weighted by atomic mass is 16.6. The van der Waals surface area contributed by atoms with E-state index in [4.69, 9.17) is 9.47 Å². The molecule has 3 amide bonds. The van der Waals surface area contributed by atoms with Crippen molar-refractivity contribution in [2.24, 2.45) is 0 Å². The Bertz CT molecular complexity index is 1030. The maximum Gasteiger partial charge on any atom is 0.348 e. The Morgan fingerprint density at radius 1 is 0.844 bits per heavy atom. The van der Waals surface area contributed by atoms with Crippen LogP contribution in [0.3, 0.4) is 0 Å². The summed E-state index contributed by atoms with van der Waals surface area (Å²) in [4.78, 5) is 36.9. The van der Waals surface area contributed by atoms with Crippen LogP contribution in [0.25, 0.3) is 0 Å². The van der Waals surface area contributed by atoms with Crippen molar-refractivity contribution in [3.05, 3.63) is 96.1 Å². The largest absolute Gasteiger partial charge is 0.497 e. The second-order valence-electron chi connectivity index (χ2n) is 6.75. The number of hydrogen-bond acceptors (Lipinski definition) is 6. The molecule has 8 heteroatoms. The second kappa shape index (κ2) is 10.2. The van der Waals surface area contributed by atoms with Crippen molar-refractivity contribution in [1.82, 2.24) is 5.32 Å². The fourth-order valence-corrected chi connectivity index (χ4v) is 3.00. The topological polar surface area (TPSA) is 114 Å². The SMILES string of the molecule is COc1ccc(NC(=O)NC(=O)COC(=O)C(O)(c2ccccc2)c2ccccc2)cc1. The standard InChI is InChI=1S/C24H22N2O6/c1-31-20-14-12-19(13-15-20)25-23(29)26-21(27)16-32-22(28)24(30,17-8-4-2-5-9-17)18-10-6-3-7-11-18/h2-15,30H,16H2,1H3,(H2,25,26,27,29). The summed E-state index contributed by atoms with van der Waals surface area (Å²) < 4.78 is 10.1. The molecule has 3 aromatic carbocycles. The number of urea groups is 1. The van der Waals surface area contributed by atoms with Crippen LogP contribution in [0.4, 0.5) is 10.5 Å². The van der Waals surface area contributed by atoms with Gasteiger partial charge in [0.25, 0.3) is 5.91 Å². The molecule has 0 fully saturated rings. The molecule has 0 aliphatic heterocycles. The lowest BCUT2D eigenvalue weighted by Gasteiger charge is -2.26. The maximum absolute atomic E-state index is 12.8. The van der Waals surface area contributed by atoms with Crippen molar-refractivity contribution >= 4 is 23.6 Å². The Morgan fingerprint density at radius 3 is 1.88 bits per heavy atom. The third-order valence-electron chi connectivity index (χ3n) is 4.61. The molecule has 0 heterocycles. The number of aliphatic hydroxyl groups is 1. The van der Waals surface area contributed by atoms with Crippen LogP contribution in [-0.2, 0) is 19.9 Å². The zero-order valence-corrected chi connectivity index (χ0v) is 17.3. The lowest BCUT2D eigenvalue weighted by atomic mass is 9.86. The Hall–Kier alpha value is -4.17. The highest BCUT2D eigenvalue weighted by Gasteiger charge is 2.41. The lowest BCUT2D eigenvalue weighted by molar-refractivity contribution is -0.164. The molecule has 0 aromatic heterocycles. The summed E-state index contributed by atoms with van der Waals surface area (Å²) in [5, 5.41) is 15.8. The van der Waals surface area contributed by atoms with Gasteiger partial charge >= 0.3 is 12.0 Å². The molecule has 0 spiro atoms. The molecular weight excluding hydrogens is 412 g/mol. The number of ether oxygens (including phenoxy) is 2. The van der Waals surface area contributed by atoms with E-state index in [0.717, 1.165) is 0 Å². The monoisotopic (exact) mass is 434 g/mol. The molecule has 0 aliphatic carbocycles. The highest BCUT2D eigenvalue weighted by Crippen LogP contribution is 2.31. The molecule has 0 bridgehead atoms. The molecule has 3 aromatic rings. The highest BCUT2D eigenvalue weighted by molar-refractivity contribution is 6.02. The van der Waals surface area contributed by atoms with Crippen molar-refractivity contribution in [3.8, 4) is 5.75 Å². The Balaban J connectivity index is 1.63. The molecule has 32 heavy (non-hydrogen) atoms. The van der Waals surface area contributed by atoms with Gasteiger partial charge in [0, 0.05) is 5.69 Å². The third-order valence-corrected chi connectivity index (χ3v) is 4.61. The summed E-state index contributed by atoms with van der Waals surface area (Å²) in [6.45, 7) is -0.753. The summed E-state index contributed by atoms with van der Waals surface area (Å²) in [5.41, 5.74) is -1.10. The number of carbonyl (C=O) groups excluding carboxylic acids is 3. The van der Waals surface area contributed by atoms with Gasteiger partial charge in [0.1, 0.15) is 5.75 Å². The second-order valence-corrected chi connectivity index (χ2v) is 6.75. The average Bonchev–Trinajstić information content (AvgIpc) is 2.83. The van der Waals surface area contributed by atoms with Crippen LogP contribution < -0.4 is 15.4 Å². The minimum absolute atomic E-state index is 0.286. The van der Waals surface area contributed by atoms with Crippen molar-refractivity contribution < 1.29 is 29.0 Å². The fourth-order valence-electron chi connectivity index (χ4n) is 3.00. The zero-order chi connectivity index (χ0) is 23.0. The summed E-state index contributed by atoms with van der Waals surface area (Å²) in [6, 6.07) is 22.2.